The average Bonchev–Trinajstić information content (AvgIpc) is 3.03. The number of aliphatic imine (C=N–C) groups is 1. The highest BCUT2D eigenvalue weighted by atomic mass is 127. The van der Waals surface area contributed by atoms with Gasteiger partial charge in [0.15, 0.2) is 0 Å². The fraction of sp³-hybridized carbons (Fsp3) is 0.174. The number of hydrogen-bond acceptors (Lipinski definition) is 6. The van der Waals surface area contributed by atoms with E-state index in [9.17, 15) is 14.7 Å². The van der Waals surface area contributed by atoms with E-state index in [4.69, 9.17) is 9.47 Å². The second-order valence-electron chi connectivity index (χ2n) is 6.65. The van der Waals surface area contributed by atoms with Crippen LogP contribution >= 0.6 is 56.9 Å². The molecule has 9 heteroatoms. The van der Waals surface area contributed by atoms with Crippen LogP contribution in [0.25, 0.3) is 6.08 Å². The number of esters is 1. The number of aryl methyl sites for hydroxylation is 1. The van der Waals surface area contributed by atoms with Crippen molar-refractivity contribution in [2.24, 2.45) is 4.99 Å². The van der Waals surface area contributed by atoms with Crippen molar-refractivity contribution in [3.8, 4) is 5.75 Å². The molecule has 0 bridgehead atoms. The fourth-order valence-corrected chi connectivity index (χ4v) is 6.00. The standard InChI is InChI=1S/C23H19I2NO5S/c1-4-31-23(29)18-19(27)17(10-14-9-15(24)11-16(25)20(14)30-3)32-22(18)26-21(28)13-7-5-12(2)6-8-13/h5-11,27H,4H2,1-3H3/b17-10-,26-22?. The van der Waals surface area contributed by atoms with E-state index in [2.05, 4.69) is 50.2 Å². The van der Waals surface area contributed by atoms with E-state index in [1.807, 2.05) is 31.2 Å². The van der Waals surface area contributed by atoms with E-state index in [0.717, 1.165) is 30.0 Å². The molecule has 0 fully saturated rings. The molecule has 2 aromatic carbocycles. The Morgan fingerprint density at radius 1 is 1.19 bits per heavy atom. The summed E-state index contributed by atoms with van der Waals surface area (Å²) in [5.41, 5.74) is 2.01. The normalized spacial score (nSPS) is 16.0. The fourth-order valence-electron chi connectivity index (χ4n) is 2.89. The molecule has 0 saturated heterocycles. The van der Waals surface area contributed by atoms with Gasteiger partial charge in [0.05, 0.1) is 22.2 Å². The third-order valence-electron chi connectivity index (χ3n) is 4.40. The highest BCUT2D eigenvalue weighted by molar-refractivity contribution is 14.1. The lowest BCUT2D eigenvalue weighted by atomic mass is 10.1. The van der Waals surface area contributed by atoms with Crippen molar-refractivity contribution in [3.05, 3.63) is 76.5 Å². The molecular weight excluding hydrogens is 656 g/mol. The van der Waals surface area contributed by atoms with Crippen molar-refractivity contribution >= 4 is 79.9 Å². The summed E-state index contributed by atoms with van der Waals surface area (Å²) in [6.07, 6.45) is 1.71. The molecule has 0 aliphatic carbocycles. The number of methoxy groups -OCH3 is 1. The lowest BCUT2D eigenvalue weighted by molar-refractivity contribution is -0.138. The number of nitrogens with zero attached hydrogens (tertiary/aromatic N) is 1. The third-order valence-corrected chi connectivity index (χ3v) is 6.84. The van der Waals surface area contributed by atoms with E-state index in [-0.39, 0.29) is 23.0 Å². The zero-order chi connectivity index (χ0) is 23.4. The maximum absolute atomic E-state index is 12.7. The van der Waals surface area contributed by atoms with Crippen LogP contribution in [0.15, 0.2) is 57.6 Å². The van der Waals surface area contributed by atoms with Crippen molar-refractivity contribution in [3.63, 3.8) is 0 Å². The zero-order valence-corrected chi connectivity index (χ0v) is 22.6. The van der Waals surface area contributed by atoms with E-state index < -0.39 is 11.9 Å². The molecule has 1 aliphatic rings. The van der Waals surface area contributed by atoms with Crippen molar-refractivity contribution in [1.82, 2.24) is 0 Å². The van der Waals surface area contributed by atoms with E-state index in [1.54, 1.807) is 32.2 Å². The molecule has 0 atom stereocenters. The molecule has 6 nitrogen and oxygen atoms in total. The monoisotopic (exact) mass is 675 g/mol. The van der Waals surface area contributed by atoms with Crippen LogP contribution in [-0.4, -0.2) is 35.7 Å². The molecule has 0 spiro atoms. The number of thioether (sulfide) groups is 1. The number of benzene rings is 2. The van der Waals surface area contributed by atoms with Crippen LogP contribution in [0, 0.1) is 14.1 Å². The molecule has 1 heterocycles. The Kier molecular flexibility index (Phi) is 8.39. The van der Waals surface area contributed by atoms with Crippen LogP contribution in [-0.2, 0) is 9.53 Å². The topological polar surface area (TPSA) is 85.2 Å². The third kappa shape index (κ3) is 5.54. The SMILES string of the molecule is CCOC(=O)C1=C(O)/C(=C/c2cc(I)cc(I)c2OC)SC1=NC(=O)c1ccc(C)cc1. The van der Waals surface area contributed by atoms with Crippen molar-refractivity contribution < 1.29 is 24.2 Å². The molecule has 0 aromatic heterocycles. The van der Waals surface area contributed by atoms with E-state index in [0.29, 0.717) is 16.2 Å². The Balaban J connectivity index is 2.08. The van der Waals surface area contributed by atoms with Gasteiger partial charge in [0.1, 0.15) is 22.1 Å². The molecule has 1 amide bonds. The van der Waals surface area contributed by atoms with Crippen LogP contribution in [0.4, 0.5) is 0 Å². The largest absolute Gasteiger partial charge is 0.506 e. The van der Waals surface area contributed by atoms with Gasteiger partial charge >= 0.3 is 5.97 Å². The zero-order valence-electron chi connectivity index (χ0n) is 17.4. The summed E-state index contributed by atoms with van der Waals surface area (Å²) in [5, 5.41) is 10.9. The molecule has 0 radical (unpaired) electrons. The quantitative estimate of drug-likeness (QED) is 0.314. The van der Waals surface area contributed by atoms with Gasteiger partial charge in [0.25, 0.3) is 5.91 Å². The van der Waals surface area contributed by atoms with Crippen LogP contribution < -0.4 is 4.74 Å². The molecule has 2 aromatic rings. The van der Waals surface area contributed by atoms with Gasteiger partial charge in [-0.3, -0.25) is 4.79 Å². The second-order valence-corrected chi connectivity index (χ2v) is 10.1. The number of amides is 1. The van der Waals surface area contributed by atoms with Gasteiger partial charge < -0.3 is 14.6 Å². The number of ether oxygens (including phenoxy) is 2. The van der Waals surface area contributed by atoms with E-state index >= 15 is 0 Å². The Hall–Kier alpha value is -1.86. The van der Waals surface area contributed by atoms with Crippen LogP contribution in [0.1, 0.15) is 28.4 Å². The number of aliphatic hydroxyl groups excluding tert-OH is 1. The highest BCUT2D eigenvalue weighted by Gasteiger charge is 2.34. The molecule has 3 rings (SSSR count). The summed E-state index contributed by atoms with van der Waals surface area (Å²) in [6, 6.07) is 10.8. The highest BCUT2D eigenvalue weighted by Crippen LogP contribution is 2.41. The number of aliphatic hydroxyl groups is 1. The predicted octanol–water partition coefficient (Wildman–Crippen LogP) is 5.91. The summed E-state index contributed by atoms with van der Waals surface area (Å²) in [6.45, 7) is 3.71. The molecule has 1 aliphatic heterocycles. The van der Waals surface area contributed by atoms with E-state index in [1.165, 1.54) is 0 Å². The lowest BCUT2D eigenvalue weighted by Crippen LogP contribution is -2.14. The van der Waals surface area contributed by atoms with Crippen LogP contribution in [0.2, 0.25) is 0 Å². The Morgan fingerprint density at radius 2 is 1.88 bits per heavy atom. The predicted molar refractivity (Wildman–Crippen MR) is 143 cm³/mol. The first-order valence-electron chi connectivity index (χ1n) is 9.48. The van der Waals surface area contributed by atoms with Crippen molar-refractivity contribution in [2.45, 2.75) is 13.8 Å². The summed E-state index contributed by atoms with van der Waals surface area (Å²) < 4.78 is 12.5. The van der Waals surface area contributed by atoms with Crippen molar-refractivity contribution in [2.75, 3.05) is 13.7 Å². The minimum Gasteiger partial charge on any atom is -0.506 e. The maximum Gasteiger partial charge on any atom is 0.344 e. The Morgan fingerprint density at radius 3 is 2.50 bits per heavy atom. The number of hydrogen-bond donors (Lipinski definition) is 1. The molecule has 32 heavy (non-hydrogen) atoms. The maximum atomic E-state index is 12.7. The van der Waals surface area contributed by atoms with Crippen LogP contribution in [0.5, 0.6) is 5.75 Å². The molecule has 0 unspecified atom stereocenters. The first-order valence-corrected chi connectivity index (χ1v) is 12.5. The summed E-state index contributed by atoms with van der Waals surface area (Å²) in [5.74, 6) is -0.879. The smallest absolute Gasteiger partial charge is 0.344 e. The van der Waals surface area contributed by atoms with Gasteiger partial charge in [-0.1, -0.05) is 29.5 Å². The second kappa shape index (κ2) is 10.8. The van der Waals surface area contributed by atoms with Gasteiger partial charge in [-0.05, 0) is 89.4 Å². The number of halogens is 2. The molecular formula is C23H19I2NO5S. The number of carbonyl (C=O) groups is 2. The van der Waals surface area contributed by atoms with Gasteiger partial charge in [-0.15, -0.1) is 0 Å². The molecule has 166 valence electrons. The Labute approximate surface area is 217 Å². The minimum atomic E-state index is -0.736. The first-order chi connectivity index (χ1) is 15.2. The minimum absolute atomic E-state index is 0.0945. The summed E-state index contributed by atoms with van der Waals surface area (Å²) >= 11 is 5.41. The Bertz CT molecular complexity index is 1170. The van der Waals surface area contributed by atoms with Gasteiger partial charge in [0.2, 0.25) is 0 Å². The van der Waals surface area contributed by atoms with Crippen LogP contribution in [0.3, 0.4) is 0 Å². The average molecular weight is 675 g/mol. The molecule has 1 N–H and O–H groups in total. The van der Waals surface area contributed by atoms with Gasteiger partial charge in [0, 0.05) is 14.7 Å². The first kappa shape index (κ1) is 24.8. The van der Waals surface area contributed by atoms with Crippen molar-refractivity contribution in [1.29, 1.82) is 0 Å². The van der Waals surface area contributed by atoms with Gasteiger partial charge in [-0.25, -0.2) is 9.79 Å². The molecule has 0 saturated carbocycles. The summed E-state index contributed by atoms with van der Waals surface area (Å²) in [7, 11) is 1.57. The number of rotatable bonds is 5. The summed E-state index contributed by atoms with van der Waals surface area (Å²) in [4.78, 5) is 29.8. The van der Waals surface area contributed by atoms with Gasteiger partial charge in [-0.2, -0.15) is 0 Å². The lowest BCUT2D eigenvalue weighted by Gasteiger charge is -2.09. The number of carbonyl (C=O) groups excluding carboxylic acids is 2.